The smallest absolute Gasteiger partial charge is 0.270 e. The predicted molar refractivity (Wildman–Crippen MR) is 137 cm³/mol. The highest BCUT2D eigenvalue weighted by Crippen LogP contribution is 2.37. The first kappa shape index (κ1) is 25.8. The molecule has 0 amide bonds. The van der Waals surface area contributed by atoms with Crippen LogP contribution in [0.25, 0.3) is 0 Å². The Bertz CT molecular complexity index is 1510. The molecule has 0 spiro atoms. The summed E-state index contributed by atoms with van der Waals surface area (Å²) < 4.78 is 81.1. The van der Waals surface area contributed by atoms with Crippen LogP contribution in [-0.2, 0) is 36.5 Å². The van der Waals surface area contributed by atoms with Gasteiger partial charge in [-0.05, 0) is 79.1 Å². The van der Waals surface area contributed by atoms with Crippen LogP contribution >= 0.6 is 23.2 Å². The standard InChI is InChI=1S/C22H20Cl2N2O6S3/c1-33(27,28)25-14-2-3-16-4-9-19(15-22(16)25)26(34(29,30)20-10-5-17(23)6-11-20)35(31,32)21-12-7-18(24)8-13-21/h4-13,15H,2-3,14H2,1H3. The van der Waals surface area contributed by atoms with Crippen LogP contribution in [0.4, 0.5) is 11.4 Å². The number of hydrogen-bond acceptors (Lipinski definition) is 6. The van der Waals surface area contributed by atoms with Crippen molar-refractivity contribution in [1.29, 1.82) is 0 Å². The summed E-state index contributed by atoms with van der Waals surface area (Å²) in [5, 5.41) is 0.544. The number of benzene rings is 3. The minimum atomic E-state index is -4.68. The van der Waals surface area contributed by atoms with Crippen LogP contribution in [-0.4, -0.2) is 38.1 Å². The Morgan fingerprint density at radius 2 is 1.23 bits per heavy atom. The summed E-state index contributed by atoms with van der Waals surface area (Å²) in [4.78, 5) is -0.616. The van der Waals surface area contributed by atoms with E-state index in [0.29, 0.717) is 22.1 Å². The number of halogens is 2. The van der Waals surface area contributed by atoms with E-state index in [4.69, 9.17) is 23.2 Å². The highest BCUT2D eigenvalue weighted by Gasteiger charge is 2.38. The van der Waals surface area contributed by atoms with Gasteiger partial charge in [-0.2, -0.15) is 3.71 Å². The van der Waals surface area contributed by atoms with Gasteiger partial charge >= 0.3 is 0 Å². The zero-order valence-corrected chi connectivity index (χ0v) is 22.3. The Kier molecular flexibility index (Phi) is 6.84. The summed E-state index contributed by atoms with van der Waals surface area (Å²) in [6.45, 7) is 0.198. The largest absolute Gasteiger partial charge is 0.277 e. The van der Waals surface area contributed by atoms with Crippen LogP contribution < -0.4 is 8.02 Å². The van der Waals surface area contributed by atoms with Gasteiger partial charge in [0.1, 0.15) is 0 Å². The molecule has 0 radical (unpaired) electrons. The number of rotatable bonds is 6. The molecule has 0 N–H and O–H groups in total. The van der Waals surface area contributed by atoms with E-state index < -0.39 is 30.1 Å². The third-order valence-electron chi connectivity index (χ3n) is 5.42. The van der Waals surface area contributed by atoms with Gasteiger partial charge in [0.25, 0.3) is 20.0 Å². The third-order valence-corrected chi connectivity index (χ3v) is 11.3. The van der Waals surface area contributed by atoms with Gasteiger partial charge in [-0.1, -0.05) is 29.3 Å². The molecular formula is C22H20Cl2N2O6S3. The highest BCUT2D eigenvalue weighted by molar-refractivity contribution is 8.10. The van der Waals surface area contributed by atoms with Crippen LogP contribution in [0.2, 0.25) is 10.0 Å². The van der Waals surface area contributed by atoms with E-state index in [1.807, 2.05) is 0 Å². The van der Waals surface area contributed by atoms with Crippen LogP contribution in [0, 0.1) is 0 Å². The van der Waals surface area contributed by atoms with Crippen molar-refractivity contribution in [3.63, 3.8) is 0 Å². The zero-order chi connectivity index (χ0) is 25.6. The Morgan fingerprint density at radius 1 is 0.743 bits per heavy atom. The van der Waals surface area contributed by atoms with Crippen molar-refractivity contribution >= 4 is 64.6 Å². The lowest BCUT2D eigenvalue weighted by atomic mass is 10.0. The first-order valence-corrected chi connectivity index (χ1v) is 15.7. The van der Waals surface area contributed by atoms with Gasteiger partial charge in [0, 0.05) is 16.6 Å². The SMILES string of the molecule is CS(=O)(=O)N1CCCc2ccc(N(S(=O)(=O)c3ccc(Cl)cc3)S(=O)(=O)c3ccc(Cl)cc3)cc21. The fourth-order valence-electron chi connectivity index (χ4n) is 3.80. The molecule has 1 aliphatic heterocycles. The van der Waals surface area contributed by atoms with Crippen molar-refractivity contribution in [2.24, 2.45) is 0 Å². The van der Waals surface area contributed by atoms with Gasteiger partial charge in [0.15, 0.2) is 0 Å². The second kappa shape index (κ2) is 9.29. The molecule has 0 fully saturated rings. The molecule has 0 bridgehead atoms. The molecule has 8 nitrogen and oxygen atoms in total. The lowest BCUT2D eigenvalue weighted by Crippen LogP contribution is -2.38. The molecule has 0 saturated carbocycles. The maximum Gasteiger partial charge on any atom is 0.277 e. The molecule has 1 heterocycles. The van der Waals surface area contributed by atoms with Gasteiger partial charge in [-0.25, -0.2) is 25.3 Å². The number of nitrogens with zero attached hydrogens (tertiary/aromatic N) is 2. The molecule has 186 valence electrons. The zero-order valence-electron chi connectivity index (χ0n) is 18.3. The first-order chi connectivity index (χ1) is 16.3. The van der Waals surface area contributed by atoms with E-state index in [0.717, 1.165) is 10.6 Å². The normalized spacial score (nSPS) is 14.4. The Labute approximate surface area is 214 Å². The quantitative estimate of drug-likeness (QED) is 0.434. The minimum Gasteiger partial charge on any atom is -0.270 e. The van der Waals surface area contributed by atoms with Crippen LogP contribution in [0.1, 0.15) is 12.0 Å². The molecule has 3 aromatic rings. The molecule has 0 atom stereocenters. The third kappa shape index (κ3) is 5.01. The Balaban J connectivity index is 1.97. The van der Waals surface area contributed by atoms with E-state index in [1.165, 1.54) is 60.7 Å². The van der Waals surface area contributed by atoms with Crippen molar-refractivity contribution in [3.8, 4) is 0 Å². The fraction of sp³-hybridized carbons (Fsp3) is 0.182. The molecule has 0 aromatic heterocycles. The maximum absolute atomic E-state index is 13.7. The number of hydrogen-bond donors (Lipinski definition) is 0. The number of sulfonamides is 3. The molecule has 4 rings (SSSR count). The topological polar surface area (TPSA) is 109 Å². The number of anilines is 2. The Hall–Kier alpha value is -2.31. The van der Waals surface area contributed by atoms with E-state index in [-0.39, 0.29) is 37.8 Å². The van der Waals surface area contributed by atoms with Crippen LogP contribution in [0.15, 0.2) is 76.5 Å². The molecule has 35 heavy (non-hydrogen) atoms. The molecule has 13 heteroatoms. The summed E-state index contributed by atoms with van der Waals surface area (Å²) in [6.07, 6.45) is 2.19. The maximum atomic E-state index is 13.7. The van der Waals surface area contributed by atoms with Crippen molar-refractivity contribution in [2.45, 2.75) is 22.6 Å². The van der Waals surface area contributed by atoms with Gasteiger partial charge in [-0.15, -0.1) is 0 Å². The summed E-state index contributed by atoms with van der Waals surface area (Å²) in [7, 11) is -13.0. The van der Waals surface area contributed by atoms with E-state index >= 15 is 0 Å². The summed E-state index contributed by atoms with van der Waals surface area (Å²) in [5.41, 5.74) is 0.668. The van der Waals surface area contributed by atoms with Gasteiger partial charge in [-0.3, -0.25) is 4.31 Å². The van der Waals surface area contributed by atoms with Crippen molar-refractivity contribution in [1.82, 2.24) is 0 Å². The van der Waals surface area contributed by atoms with E-state index in [2.05, 4.69) is 0 Å². The van der Waals surface area contributed by atoms with Gasteiger partial charge in [0.2, 0.25) is 10.0 Å². The van der Waals surface area contributed by atoms with Crippen molar-refractivity contribution in [3.05, 3.63) is 82.3 Å². The molecule has 0 unspecified atom stereocenters. The second-order valence-corrected chi connectivity index (χ2v) is 14.5. The lowest BCUT2D eigenvalue weighted by molar-refractivity contribution is 0.584. The van der Waals surface area contributed by atoms with Crippen molar-refractivity contribution < 1.29 is 25.3 Å². The second-order valence-electron chi connectivity index (χ2n) is 7.87. The predicted octanol–water partition coefficient (Wildman–Crippen LogP) is 4.29. The first-order valence-electron chi connectivity index (χ1n) is 10.2. The van der Waals surface area contributed by atoms with E-state index in [1.54, 1.807) is 6.07 Å². The van der Waals surface area contributed by atoms with Gasteiger partial charge in [0.05, 0.1) is 27.4 Å². The Morgan fingerprint density at radius 3 is 1.69 bits per heavy atom. The monoisotopic (exact) mass is 574 g/mol. The lowest BCUT2D eigenvalue weighted by Gasteiger charge is -2.31. The average molecular weight is 576 g/mol. The molecule has 3 aromatic carbocycles. The average Bonchev–Trinajstić information content (AvgIpc) is 2.78. The van der Waals surface area contributed by atoms with Gasteiger partial charge < -0.3 is 0 Å². The number of fused-ring (bicyclic) bond motifs is 1. The highest BCUT2D eigenvalue weighted by atomic mass is 35.5. The van der Waals surface area contributed by atoms with Crippen LogP contribution in [0.3, 0.4) is 0 Å². The summed E-state index contributed by atoms with van der Waals surface area (Å²) >= 11 is 11.8. The molecule has 1 aliphatic rings. The summed E-state index contributed by atoms with van der Waals surface area (Å²) in [6, 6.07) is 14.3. The van der Waals surface area contributed by atoms with Crippen molar-refractivity contribution in [2.75, 3.05) is 20.8 Å². The molecular weight excluding hydrogens is 555 g/mol. The molecule has 0 aliphatic carbocycles. The van der Waals surface area contributed by atoms with Crippen LogP contribution in [0.5, 0.6) is 0 Å². The number of aryl methyl sites for hydroxylation is 1. The minimum absolute atomic E-state index is 0.198. The van der Waals surface area contributed by atoms with E-state index in [9.17, 15) is 25.3 Å². The summed E-state index contributed by atoms with van der Waals surface area (Å²) in [5.74, 6) is 0. The molecule has 0 saturated heterocycles. The fourth-order valence-corrected chi connectivity index (χ4v) is 8.71.